The van der Waals surface area contributed by atoms with Crippen LogP contribution in [0, 0.1) is 0 Å². The third-order valence-corrected chi connectivity index (χ3v) is 5.83. The average Bonchev–Trinajstić information content (AvgIpc) is 2.84. The second-order valence-corrected chi connectivity index (χ2v) is 7.52. The van der Waals surface area contributed by atoms with Gasteiger partial charge in [0.1, 0.15) is 18.1 Å². The molecule has 1 aliphatic heterocycles. The van der Waals surface area contributed by atoms with Crippen molar-refractivity contribution in [2.75, 3.05) is 7.11 Å². The molecule has 0 N–H and O–H groups in total. The van der Waals surface area contributed by atoms with Crippen LogP contribution in [0.5, 0.6) is 11.5 Å². The summed E-state index contributed by atoms with van der Waals surface area (Å²) >= 11 is 0. The SMILES string of the molecule is CCc1c2c(c(=O)n(-c3ccc(OC)cc3)c1-c1ccccc1)COc1ccccc1-2. The molecule has 31 heavy (non-hydrogen) atoms. The summed E-state index contributed by atoms with van der Waals surface area (Å²) in [6.45, 7) is 2.41. The van der Waals surface area contributed by atoms with E-state index in [1.165, 1.54) is 0 Å². The Hall–Kier alpha value is -3.79. The Labute approximate surface area is 181 Å². The van der Waals surface area contributed by atoms with Gasteiger partial charge in [0, 0.05) is 16.8 Å². The average molecular weight is 409 g/mol. The van der Waals surface area contributed by atoms with Crippen molar-refractivity contribution in [2.24, 2.45) is 0 Å². The van der Waals surface area contributed by atoms with E-state index in [9.17, 15) is 4.79 Å². The van der Waals surface area contributed by atoms with Crippen molar-refractivity contribution in [3.05, 3.63) is 100 Å². The van der Waals surface area contributed by atoms with Crippen LogP contribution >= 0.6 is 0 Å². The highest BCUT2D eigenvalue weighted by Crippen LogP contribution is 2.42. The van der Waals surface area contributed by atoms with E-state index < -0.39 is 0 Å². The summed E-state index contributed by atoms with van der Waals surface area (Å²) in [4.78, 5) is 13.9. The molecule has 0 bridgehead atoms. The summed E-state index contributed by atoms with van der Waals surface area (Å²) in [5, 5.41) is 0. The van der Waals surface area contributed by atoms with E-state index >= 15 is 0 Å². The predicted octanol–water partition coefficient (Wildman–Crippen LogP) is 5.63. The van der Waals surface area contributed by atoms with E-state index in [4.69, 9.17) is 9.47 Å². The van der Waals surface area contributed by atoms with Gasteiger partial charge < -0.3 is 9.47 Å². The third-order valence-electron chi connectivity index (χ3n) is 5.83. The van der Waals surface area contributed by atoms with Crippen LogP contribution in [0.3, 0.4) is 0 Å². The highest BCUT2D eigenvalue weighted by atomic mass is 16.5. The zero-order valence-electron chi connectivity index (χ0n) is 17.6. The van der Waals surface area contributed by atoms with Gasteiger partial charge in [0.05, 0.1) is 18.4 Å². The van der Waals surface area contributed by atoms with Gasteiger partial charge in [0.25, 0.3) is 5.56 Å². The van der Waals surface area contributed by atoms with Gasteiger partial charge in [-0.05, 0) is 47.9 Å². The number of rotatable bonds is 4. The number of hydrogen-bond acceptors (Lipinski definition) is 3. The van der Waals surface area contributed by atoms with Crippen LogP contribution in [0.1, 0.15) is 18.1 Å². The molecule has 0 fully saturated rings. The maximum atomic E-state index is 13.9. The minimum atomic E-state index is -0.0503. The van der Waals surface area contributed by atoms with Crippen LogP contribution in [0.25, 0.3) is 28.1 Å². The lowest BCUT2D eigenvalue weighted by Crippen LogP contribution is -2.29. The molecule has 154 valence electrons. The number of methoxy groups -OCH3 is 1. The van der Waals surface area contributed by atoms with Crippen molar-refractivity contribution >= 4 is 0 Å². The largest absolute Gasteiger partial charge is 0.497 e. The lowest BCUT2D eigenvalue weighted by molar-refractivity contribution is 0.300. The molecule has 3 aromatic carbocycles. The molecule has 2 heterocycles. The predicted molar refractivity (Wildman–Crippen MR) is 123 cm³/mol. The Balaban J connectivity index is 1.90. The van der Waals surface area contributed by atoms with E-state index in [0.29, 0.717) is 5.56 Å². The molecule has 1 aliphatic rings. The summed E-state index contributed by atoms with van der Waals surface area (Å²) in [6.07, 6.45) is 0.789. The fourth-order valence-corrected chi connectivity index (χ4v) is 4.41. The lowest BCUT2D eigenvalue weighted by atomic mass is 9.88. The van der Waals surface area contributed by atoms with Gasteiger partial charge in [-0.25, -0.2) is 0 Å². The second kappa shape index (κ2) is 7.80. The molecule has 5 rings (SSSR count). The highest BCUT2D eigenvalue weighted by molar-refractivity contribution is 5.83. The summed E-state index contributed by atoms with van der Waals surface area (Å²) in [7, 11) is 1.64. The maximum Gasteiger partial charge on any atom is 0.262 e. The Morgan fingerprint density at radius 1 is 0.935 bits per heavy atom. The fourth-order valence-electron chi connectivity index (χ4n) is 4.41. The first-order chi connectivity index (χ1) is 15.2. The van der Waals surface area contributed by atoms with Gasteiger partial charge >= 0.3 is 0 Å². The Kier molecular flexibility index (Phi) is 4.83. The van der Waals surface area contributed by atoms with Crippen molar-refractivity contribution in [2.45, 2.75) is 20.0 Å². The Morgan fingerprint density at radius 2 is 1.65 bits per heavy atom. The molecule has 0 spiro atoms. The molecule has 4 nitrogen and oxygen atoms in total. The van der Waals surface area contributed by atoms with Crippen LogP contribution in [0.2, 0.25) is 0 Å². The smallest absolute Gasteiger partial charge is 0.262 e. The number of benzene rings is 3. The van der Waals surface area contributed by atoms with Crippen molar-refractivity contribution in [3.63, 3.8) is 0 Å². The first kappa shape index (κ1) is 19.2. The number of fused-ring (bicyclic) bond motifs is 3. The molecule has 0 saturated heterocycles. The standard InChI is InChI=1S/C27H23NO3/c1-3-21-25-22-11-7-8-12-24(22)31-17-23(25)27(29)28(19-13-15-20(30-2)16-14-19)26(21)18-9-5-4-6-10-18/h4-16H,3,17H2,1-2H3. The van der Waals surface area contributed by atoms with Gasteiger partial charge in [-0.2, -0.15) is 0 Å². The second-order valence-electron chi connectivity index (χ2n) is 7.52. The number of aromatic nitrogens is 1. The van der Waals surface area contributed by atoms with Gasteiger partial charge in [-0.1, -0.05) is 55.5 Å². The van der Waals surface area contributed by atoms with Gasteiger partial charge in [0.15, 0.2) is 0 Å². The third kappa shape index (κ3) is 3.12. The van der Waals surface area contributed by atoms with Crippen LogP contribution in [-0.4, -0.2) is 11.7 Å². The fraction of sp³-hybridized carbons (Fsp3) is 0.148. The minimum Gasteiger partial charge on any atom is -0.497 e. The molecule has 4 heteroatoms. The van der Waals surface area contributed by atoms with Crippen molar-refractivity contribution < 1.29 is 9.47 Å². The van der Waals surface area contributed by atoms with E-state index in [0.717, 1.165) is 51.6 Å². The van der Waals surface area contributed by atoms with Crippen molar-refractivity contribution in [3.8, 4) is 39.6 Å². The number of nitrogens with zero attached hydrogens (tertiary/aromatic N) is 1. The number of pyridine rings is 1. The number of ether oxygens (including phenoxy) is 2. The molecular weight excluding hydrogens is 386 g/mol. The molecular formula is C27H23NO3. The van der Waals surface area contributed by atoms with Crippen molar-refractivity contribution in [1.82, 2.24) is 4.57 Å². The van der Waals surface area contributed by atoms with Crippen LogP contribution in [0.15, 0.2) is 83.7 Å². The van der Waals surface area contributed by atoms with E-state index in [2.05, 4.69) is 19.1 Å². The first-order valence-electron chi connectivity index (χ1n) is 10.5. The maximum absolute atomic E-state index is 13.9. The summed E-state index contributed by atoms with van der Waals surface area (Å²) in [5.41, 5.74) is 6.53. The molecule has 4 aromatic rings. The Bertz CT molecular complexity index is 1310. The van der Waals surface area contributed by atoms with Crippen LogP contribution < -0.4 is 15.0 Å². The topological polar surface area (TPSA) is 40.5 Å². The van der Waals surface area contributed by atoms with E-state index in [1.54, 1.807) is 7.11 Å². The summed E-state index contributed by atoms with van der Waals surface area (Å²) in [5.74, 6) is 1.58. The molecule has 0 unspecified atom stereocenters. The molecule has 0 atom stereocenters. The minimum absolute atomic E-state index is 0.0503. The van der Waals surface area contributed by atoms with Crippen LogP contribution in [0.4, 0.5) is 0 Å². The van der Waals surface area contributed by atoms with E-state index in [-0.39, 0.29) is 12.2 Å². The quantitative estimate of drug-likeness (QED) is 0.438. The van der Waals surface area contributed by atoms with Crippen LogP contribution in [-0.2, 0) is 13.0 Å². The highest BCUT2D eigenvalue weighted by Gasteiger charge is 2.28. The van der Waals surface area contributed by atoms with Crippen molar-refractivity contribution in [1.29, 1.82) is 0 Å². The van der Waals surface area contributed by atoms with Gasteiger partial charge in [0.2, 0.25) is 0 Å². The molecule has 0 amide bonds. The zero-order chi connectivity index (χ0) is 21.4. The van der Waals surface area contributed by atoms with Gasteiger partial charge in [-0.3, -0.25) is 9.36 Å². The molecule has 0 aliphatic carbocycles. The monoisotopic (exact) mass is 409 g/mol. The number of hydrogen-bond donors (Lipinski definition) is 0. The molecule has 0 radical (unpaired) electrons. The van der Waals surface area contributed by atoms with Gasteiger partial charge in [-0.15, -0.1) is 0 Å². The Morgan fingerprint density at radius 3 is 2.35 bits per heavy atom. The number of para-hydroxylation sites is 1. The summed E-state index contributed by atoms with van der Waals surface area (Å²) in [6, 6.07) is 25.7. The zero-order valence-corrected chi connectivity index (χ0v) is 17.6. The van der Waals surface area contributed by atoms with E-state index in [1.807, 2.05) is 71.3 Å². The molecule has 1 aromatic heterocycles. The lowest BCUT2D eigenvalue weighted by Gasteiger charge is -2.27. The summed E-state index contributed by atoms with van der Waals surface area (Å²) < 4.78 is 13.1. The first-order valence-corrected chi connectivity index (χ1v) is 10.5. The molecule has 0 saturated carbocycles. The normalized spacial score (nSPS) is 11.9.